The number of aromatic amines is 1. The van der Waals surface area contributed by atoms with E-state index in [-0.39, 0.29) is 0 Å². The molecule has 0 radical (unpaired) electrons. The van der Waals surface area contributed by atoms with Gasteiger partial charge in [-0.2, -0.15) is 0 Å². The lowest BCUT2D eigenvalue weighted by Crippen LogP contribution is -2.32. The fourth-order valence-electron chi connectivity index (χ4n) is 4.75. The highest BCUT2D eigenvalue weighted by Gasteiger charge is 2.26. The lowest BCUT2D eigenvalue weighted by Gasteiger charge is -2.29. The summed E-state index contributed by atoms with van der Waals surface area (Å²) in [6, 6.07) is 15.2. The van der Waals surface area contributed by atoms with Crippen LogP contribution in [0.15, 0.2) is 54.7 Å². The van der Waals surface area contributed by atoms with Crippen LogP contribution in [0.3, 0.4) is 0 Å². The molecule has 0 saturated heterocycles. The number of benzene rings is 2. The van der Waals surface area contributed by atoms with Crippen molar-refractivity contribution in [1.29, 1.82) is 0 Å². The molecule has 33 heavy (non-hydrogen) atoms. The number of nitrogens with one attached hydrogen (secondary N) is 1. The Kier molecular flexibility index (Phi) is 6.79. The van der Waals surface area contributed by atoms with Crippen molar-refractivity contribution in [3.8, 4) is 5.75 Å². The molecular weight excluding hydrogens is 420 g/mol. The van der Waals surface area contributed by atoms with E-state index in [1.165, 1.54) is 46.0 Å². The molecule has 2 heterocycles. The van der Waals surface area contributed by atoms with E-state index >= 15 is 0 Å². The van der Waals surface area contributed by atoms with Crippen LogP contribution in [0.1, 0.15) is 35.4 Å². The first-order valence-electron chi connectivity index (χ1n) is 11.1. The molecule has 1 aromatic heterocycles. The molecule has 7 heteroatoms. The van der Waals surface area contributed by atoms with Crippen molar-refractivity contribution in [1.82, 2.24) is 9.88 Å². The van der Waals surface area contributed by atoms with E-state index in [0.29, 0.717) is 5.92 Å². The number of carboxylic acids is 2. The van der Waals surface area contributed by atoms with Gasteiger partial charge in [-0.3, -0.25) is 4.90 Å². The van der Waals surface area contributed by atoms with Gasteiger partial charge >= 0.3 is 11.9 Å². The summed E-state index contributed by atoms with van der Waals surface area (Å²) in [6.45, 7) is 3.34. The standard InChI is InChI=1S/C24H26N2O.C2H2O4/c1-27-20-9-8-17-6-7-19(22(17)14-20)16-26-12-10-18(11-13-26)23-15-25-24-5-3-2-4-21(23)24;3-1(4)2(5)6/h2-5,8-10,14-15,19,25H,6-7,11-13,16H2,1H3;(H,3,4)(H,5,6). The number of ether oxygens (including phenoxy) is 1. The minimum atomic E-state index is -1.82. The van der Waals surface area contributed by atoms with E-state index in [0.717, 1.165) is 31.8 Å². The number of hydrogen-bond donors (Lipinski definition) is 3. The summed E-state index contributed by atoms with van der Waals surface area (Å²) in [5.41, 5.74) is 7.10. The Hall–Kier alpha value is -3.58. The normalized spacial score (nSPS) is 17.6. The maximum atomic E-state index is 9.10. The lowest BCUT2D eigenvalue weighted by atomic mass is 9.96. The molecular formula is C26H28N2O5. The first kappa shape index (κ1) is 22.6. The molecule has 0 spiro atoms. The summed E-state index contributed by atoms with van der Waals surface area (Å²) in [6.07, 6.45) is 8.19. The van der Waals surface area contributed by atoms with Gasteiger partial charge in [0.1, 0.15) is 5.75 Å². The number of aliphatic carboxylic acids is 2. The molecule has 3 N–H and O–H groups in total. The fraction of sp³-hybridized carbons (Fsp3) is 0.308. The van der Waals surface area contributed by atoms with Gasteiger partial charge in [-0.05, 0) is 60.1 Å². The average Bonchev–Trinajstić information content (AvgIpc) is 3.44. The van der Waals surface area contributed by atoms with Crippen molar-refractivity contribution < 1.29 is 24.5 Å². The molecule has 3 aromatic rings. The Morgan fingerprint density at radius 2 is 1.91 bits per heavy atom. The second-order valence-electron chi connectivity index (χ2n) is 8.40. The maximum absolute atomic E-state index is 9.10. The summed E-state index contributed by atoms with van der Waals surface area (Å²) >= 11 is 0. The number of para-hydroxylation sites is 1. The van der Waals surface area contributed by atoms with Crippen LogP contribution in [0.25, 0.3) is 16.5 Å². The van der Waals surface area contributed by atoms with Crippen LogP contribution in [0.2, 0.25) is 0 Å². The molecule has 7 nitrogen and oxygen atoms in total. The number of fused-ring (bicyclic) bond motifs is 2. The van der Waals surface area contributed by atoms with Crippen molar-refractivity contribution in [3.05, 3.63) is 71.4 Å². The number of methoxy groups -OCH3 is 1. The number of carbonyl (C=O) groups is 2. The van der Waals surface area contributed by atoms with Gasteiger partial charge in [0.25, 0.3) is 0 Å². The number of nitrogens with zero attached hydrogens (tertiary/aromatic N) is 1. The summed E-state index contributed by atoms with van der Waals surface area (Å²) in [5, 5.41) is 16.1. The number of hydrogen-bond acceptors (Lipinski definition) is 4. The van der Waals surface area contributed by atoms with Crippen molar-refractivity contribution in [3.63, 3.8) is 0 Å². The second kappa shape index (κ2) is 9.92. The summed E-state index contributed by atoms with van der Waals surface area (Å²) < 4.78 is 5.44. The summed E-state index contributed by atoms with van der Waals surface area (Å²) in [4.78, 5) is 24.2. The molecule has 1 aliphatic heterocycles. The predicted molar refractivity (Wildman–Crippen MR) is 127 cm³/mol. The van der Waals surface area contributed by atoms with Crippen molar-refractivity contribution in [2.45, 2.75) is 25.2 Å². The number of H-pyrrole nitrogens is 1. The van der Waals surface area contributed by atoms with Gasteiger partial charge in [-0.15, -0.1) is 0 Å². The highest BCUT2D eigenvalue weighted by atomic mass is 16.5. The third-order valence-electron chi connectivity index (χ3n) is 6.44. The minimum Gasteiger partial charge on any atom is -0.497 e. The molecule has 1 aliphatic carbocycles. The Bertz CT molecular complexity index is 1180. The van der Waals surface area contributed by atoms with Gasteiger partial charge in [0.15, 0.2) is 0 Å². The number of rotatable bonds is 4. The van der Waals surface area contributed by atoms with Crippen molar-refractivity contribution >= 4 is 28.4 Å². The Morgan fingerprint density at radius 1 is 1.12 bits per heavy atom. The molecule has 2 aliphatic rings. The van der Waals surface area contributed by atoms with Gasteiger partial charge < -0.3 is 19.9 Å². The van der Waals surface area contributed by atoms with Gasteiger partial charge in [-0.25, -0.2) is 9.59 Å². The zero-order valence-electron chi connectivity index (χ0n) is 18.6. The highest BCUT2D eigenvalue weighted by molar-refractivity contribution is 6.27. The predicted octanol–water partition coefficient (Wildman–Crippen LogP) is 4.15. The van der Waals surface area contributed by atoms with Crippen LogP contribution >= 0.6 is 0 Å². The van der Waals surface area contributed by atoms with Crippen LogP contribution < -0.4 is 4.74 Å². The largest absolute Gasteiger partial charge is 0.497 e. The Labute approximate surface area is 192 Å². The van der Waals surface area contributed by atoms with Gasteiger partial charge in [0.05, 0.1) is 7.11 Å². The summed E-state index contributed by atoms with van der Waals surface area (Å²) in [5.74, 6) is -2.02. The molecule has 1 atom stereocenters. The topological polar surface area (TPSA) is 103 Å². The zero-order valence-corrected chi connectivity index (χ0v) is 18.6. The molecule has 0 saturated carbocycles. The monoisotopic (exact) mass is 448 g/mol. The van der Waals surface area contributed by atoms with Gasteiger partial charge in [0.2, 0.25) is 0 Å². The van der Waals surface area contributed by atoms with Gasteiger partial charge in [0, 0.05) is 42.3 Å². The number of aryl methyl sites for hydroxylation is 1. The van der Waals surface area contributed by atoms with Crippen LogP contribution in [0.5, 0.6) is 5.75 Å². The van der Waals surface area contributed by atoms with E-state index in [4.69, 9.17) is 24.5 Å². The summed E-state index contributed by atoms with van der Waals surface area (Å²) in [7, 11) is 1.76. The molecule has 5 rings (SSSR count). The smallest absolute Gasteiger partial charge is 0.414 e. The molecule has 0 bridgehead atoms. The number of aromatic nitrogens is 1. The van der Waals surface area contributed by atoms with E-state index in [2.05, 4.69) is 64.6 Å². The van der Waals surface area contributed by atoms with Crippen molar-refractivity contribution in [2.24, 2.45) is 0 Å². The second-order valence-corrected chi connectivity index (χ2v) is 8.40. The quantitative estimate of drug-likeness (QED) is 0.518. The Morgan fingerprint density at radius 3 is 2.61 bits per heavy atom. The molecule has 0 amide bonds. The SMILES string of the molecule is COc1ccc2c(c1)C(CN1CC=C(c3c[nH]c4ccccc34)CC1)CC2.O=C(O)C(=O)O. The molecule has 0 fully saturated rings. The number of carboxylic acid groups (broad SMARTS) is 2. The zero-order chi connectivity index (χ0) is 23.4. The lowest BCUT2D eigenvalue weighted by molar-refractivity contribution is -0.159. The minimum absolute atomic E-state index is 0.637. The third-order valence-corrected chi connectivity index (χ3v) is 6.44. The highest BCUT2D eigenvalue weighted by Crippen LogP contribution is 2.37. The molecule has 1 unspecified atom stereocenters. The first-order valence-corrected chi connectivity index (χ1v) is 11.1. The van der Waals surface area contributed by atoms with Crippen LogP contribution in [-0.4, -0.2) is 58.8 Å². The molecule has 172 valence electrons. The van der Waals surface area contributed by atoms with Crippen LogP contribution in [0.4, 0.5) is 0 Å². The van der Waals surface area contributed by atoms with Gasteiger partial charge in [-0.1, -0.05) is 30.3 Å². The fourth-order valence-corrected chi connectivity index (χ4v) is 4.75. The van der Waals surface area contributed by atoms with Crippen molar-refractivity contribution in [2.75, 3.05) is 26.7 Å². The van der Waals surface area contributed by atoms with Crippen LogP contribution in [0, 0.1) is 0 Å². The van der Waals surface area contributed by atoms with E-state index < -0.39 is 11.9 Å². The van der Waals surface area contributed by atoms with Crippen LogP contribution in [-0.2, 0) is 16.0 Å². The first-order chi connectivity index (χ1) is 16.0. The average molecular weight is 449 g/mol. The molecule has 2 aromatic carbocycles. The Balaban J connectivity index is 0.000000385. The van der Waals surface area contributed by atoms with E-state index in [9.17, 15) is 0 Å². The third kappa shape index (κ3) is 5.09. The maximum Gasteiger partial charge on any atom is 0.414 e. The van der Waals surface area contributed by atoms with E-state index in [1.807, 2.05) is 0 Å². The van der Waals surface area contributed by atoms with E-state index in [1.54, 1.807) is 7.11 Å².